The zero-order valence-corrected chi connectivity index (χ0v) is 11.7. The molecule has 1 heterocycles. The Hall–Kier alpha value is -0.650. The second kappa shape index (κ2) is 5.80. The Morgan fingerprint density at radius 1 is 1.59 bits per heavy atom. The van der Waals surface area contributed by atoms with Gasteiger partial charge in [-0.3, -0.25) is 0 Å². The molecule has 0 amide bonds. The van der Waals surface area contributed by atoms with Crippen molar-refractivity contribution in [2.24, 2.45) is 5.73 Å². The van der Waals surface area contributed by atoms with Crippen LogP contribution in [0, 0.1) is 0 Å². The highest BCUT2D eigenvalue weighted by atomic mass is 79.9. The fourth-order valence-electron chi connectivity index (χ4n) is 1.82. The molecule has 1 fully saturated rings. The standard InChI is InChI=1S/C12H14BrNO2S/c13-9-4-1-5-10(11(9)12(14)17)16-7-8-3-2-6-15-8/h1,4-5,8H,2-3,6-7H2,(H2,14,17). The first kappa shape index (κ1) is 12.8. The van der Waals surface area contributed by atoms with Crippen molar-refractivity contribution in [2.45, 2.75) is 18.9 Å². The highest BCUT2D eigenvalue weighted by molar-refractivity contribution is 9.10. The van der Waals surface area contributed by atoms with Gasteiger partial charge in [-0.2, -0.15) is 0 Å². The van der Waals surface area contributed by atoms with Gasteiger partial charge in [-0.05, 0) is 40.9 Å². The highest BCUT2D eigenvalue weighted by Gasteiger charge is 2.17. The van der Waals surface area contributed by atoms with Crippen LogP contribution in [0.15, 0.2) is 22.7 Å². The van der Waals surface area contributed by atoms with E-state index in [-0.39, 0.29) is 6.10 Å². The topological polar surface area (TPSA) is 44.5 Å². The summed E-state index contributed by atoms with van der Waals surface area (Å²) in [5, 5.41) is 0. The first-order valence-electron chi connectivity index (χ1n) is 5.51. The average molecular weight is 316 g/mol. The molecule has 0 radical (unpaired) electrons. The molecule has 0 bridgehead atoms. The van der Waals surface area contributed by atoms with Crippen molar-refractivity contribution in [2.75, 3.05) is 13.2 Å². The maximum Gasteiger partial charge on any atom is 0.130 e. The lowest BCUT2D eigenvalue weighted by molar-refractivity contribution is 0.0679. The molecular formula is C12H14BrNO2S. The molecule has 17 heavy (non-hydrogen) atoms. The number of ether oxygens (including phenoxy) is 2. The van der Waals surface area contributed by atoms with E-state index in [0.29, 0.717) is 17.3 Å². The van der Waals surface area contributed by atoms with Crippen LogP contribution in [0.4, 0.5) is 0 Å². The van der Waals surface area contributed by atoms with Crippen molar-refractivity contribution in [3.8, 4) is 5.75 Å². The van der Waals surface area contributed by atoms with Crippen molar-refractivity contribution in [1.29, 1.82) is 0 Å². The van der Waals surface area contributed by atoms with Gasteiger partial charge in [0.2, 0.25) is 0 Å². The van der Waals surface area contributed by atoms with Gasteiger partial charge in [0.25, 0.3) is 0 Å². The van der Waals surface area contributed by atoms with Crippen molar-refractivity contribution in [3.63, 3.8) is 0 Å². The Labute approximate surface area is 114 Å². The third kappa shape index (κ3) is 3.18. The van der Waals surface area contributed by atoms with Gasteiger partial charge in [0.1, 0.15) is 17.3 Å². The van der Waals surface area contributed by atoms with Crippen LogP contribution >= 0.6 is 28.1 Å². The lowest BCUT2D eigenvalue weighted by Crippen LogP contribution is -2.19. The minimum atomic E-state index is 0.188. The van der Waals surface area contributed by atoms with Crippen LogP contribution in [0.5, 0.6) is 5.75 Å². The van der Waals surface area contributed by atoms with E-state index >= 15 is 0 Å². The number of hydrogen-bond acceptors (Lipinski definition) is 3. The highest BCUT2D eigenvalue weighted by Crippen LogP contribution is 2.27. The van der Waals surface area contributed by atoms with E-state index in [2.05, 4.69) is 15.9 Å². The van der Waals surface area contributed by atoms with E-state index < -0.39 is 0 Å². The lowest BCUT2D eigenvalue weighted by atomic mass is 10.2. The molecule has 2 rings (SSSR count). The first-order valence-corrected chi connectivity index (χ1v) is 6.71. The van der Waals surface area contributed by atoms with Crippen molar-refractivity contribution < 1.29 is 9.47 Å². The smallest absolute Gasteiger partial charge is 0.130 e. The van der Waals surface area contributed by atoms with Gasteiger partial charge in [0.05, 0.1) is 11.7 Å². The fourth-order valence-corrected chi connectivity index (χ4v) is 2.73. The normalized spacial score (nSPS) is 19.2. The van der Waals surface area contributed by atoms with E-state index in [1.807, 2.05) is 18.2 Å². The molecule has 0 aliphatic carbocycles. The van der Waals surface area contributed by atoms with Gasteiger partial charge < -0.3 is 15.2 Å². The Bertz CT molecular complexity index is 419. The quantitative estimate of drug-likeness (QED) is 0.868. The summed E-state index contributed by atoms with van der Waals surface area (Å²) < 4.78 is 12.1. The second-order valence-electron chi connectivity index (χ2n) is 3.92. The summed E-state index contributed by atoms with van der Waals surface area (Å²) in [5.41, 5.74) is 6.44. The van der Waals surface area contributed by atoms with Gasteiger partial charge in [-0.15, -0.1) is 0 Å². The summed E-state index contributed by atoms with van der Waals surface area (Å²) in [4.78, 5) is 0.333. The molecule has 1 atom stereocenters. The summed E-state index contributed by atoms with van der Waals surface area (Å²) in [6, 6.07) is 5.67. The number of thiocarbonyl (C=S) groups is 1. The molecule has 1 unspecified atom stereocenters. The number of nitrogens with two attached hydrogens (primary N) is 1. The number of halogens is 1. The van der Waals surface area contributed by atoms with E-state index in [0.717, 1.165) is 29.5 Å². The third-order valence-electron chi connectivity index (χ3n) is 2.67. The van der Waals surface area contributed by atoms with Gasteiger partial charge in [-0.1, -0.05) is 18.3 Å². The summed E-state index contributed by atoms with van der Waals surface area (Å²) in [6.07, 6.45) is 2.35. The van der Waals surface area contributed by atoms with Crippen molar-refractivity contribution in [3.05, 3.63) is 28.2 Å². The van der Waals surface area contributed by atoms with Crippen molar-refractivity contribution in [1.82, 2.24) is 0 Å². The zero-order valence-electron chi connectivity index (χ0n) is 9.32. The Morgan fingerprint density at radius 2 is 2.41 bits per heavy atom. The number of benzene rings is 1. The SMILES string of the molecule is NC(=S)c1c(Br)cccc1OCC1CCCO1. The van der Waals surface area contributed by atoms with Gasteiger partial charge in [-0.25, -0.2) is 0 Å². The van der Waals surface area contributed by atoms with Gasteiger partial charge >= 0.3 is 0 Å². The molecule has 2 N–H and O–H groups in total. The fraction of sp³-hybridized carbons (Fsp3) is 0.417. The lowest BCUT2D eigenvalue weighted by Gasteiger charge is -2.15. The maximum atomic E-state index is 5.74. The Morgan fingerprint density at radius 3 is 3.06 bits per heavy atom. The molecule has 1 aromatic carbocycles. The number of rotatable bonds is 4. The van der Waals surface area contributed by atoms with Crippen LogP contribution in [0.2, 0.25) is 0 Å². The Balaban J connectivity index is 2.09. The molecule has 0 aromatic heterocycles. The maximum absolute atomic E-state index is 5.74. The first-order chi connectivity index (χ1) is 8.18. The van der Waals surface area contributed by atoms with Crippen LogP contribution in [0.3, 0.4) is 0 Å². The molecule has 0 saturated carbocycles. The molecule has 92 valence electrons. The predicted molar refractivity (Wildman–Crippen MR) is 74.5 cm³/mol. The molecule has 1 saturated heterocycles. The molecule has 1 aromatic rings. The monoisotopic (exact) mass is 315 g/mol. The number of hydrogen-bond donors (Lipinski definition) is 1. The van der Waals surface area contributed by atoms with Crippen LogP contribution in [0.25, 0.3) is 0 Å². The second-order valence-corrected chi connectivity index (χ2v) is 5.22. The molecule has 0 spiro atoms. The summed E-state index contributed by atoms with van der Waals surface area (Å²) in [7, 11) is 0. The average Bonchev–Trinajstić information content (AvgIpc) is 2.78. The van der Waals surface area contributed by atoms with Crippen LogP contribution in [0.1, 0.15) is 18.4 Å². The largest absolute Gasteiger partial charge is 0.490 e. The Kier molecular flexibility index (Phi) is 4.36. The van der Waals surface area contributed by atoms with E-state index in [1.165, 1.54) is 0 Å². The zero-order chi connectivity index (χ0) is 12.3. The van der Waals surface area contributed by atoms with Crippen LogP contribution in [-0.2, 0) is 4.74 Å². The van der Waals surface area contributed by atoms with Crippen LogP contribution in [-0.4, -0.2) is 24.3 Å². The molecule has 1 aliphatic heterocycles. The molecule has 5 heteroatoms. The summed E-state index contributed by atoms with van der Waals surface area (Å²) in [5.74, 6) is 0.711. The molecule has 1 aliphatic rings. The molecular weight excluding hydrogens is 302 g/mol. The van der Waals surface area contributed by atoms with E-state index in [9.17, 15) is 0 Å². The summed E-state index contributed by atoms with van der Waals surface area (Å²) >= 11 is 8.45. The third-order valence-corrected chi connectivity index (χ3v) is 3.54. The van der Waals surface area contributed by atoms with E-state index in [1.54, 1.807) is 0 Å². The minimum absolute atomic E-state index is 0.188. The van der Waals surface area contributed by atoms with Gasteiger partial charge in [0, 0.05) is 11.1 Å². The van der Waals surface area contributed by atoms with Gasteiger partial charge in [0.15, 0.2) is 0 Å². The minimum Gasteiger partial charge on any atom is -0.490 e. The van der Waals surface area contributed by atoms with Crippen LogP contribution < -0.4 is 10.5 Å². The van der Waals surface area contributed by atoms with Crippen molar-refractivity contribution >= 4 is 33.1 Å². The molecule has 3 nitrogen and oxygen atoms in total. The predicted octanol–water partition coefficient (Wildman–Crippen LogP) is 2.64. The van der Waals surface area contributed by atoms with E-state index in [4.69, 9.17) is 27.4 Å². The summed E-state index contributed by atoms with van der Waals surface area (Å²) in [6.45, 7) is 1.38.